The molecule has 0 bridgehead atoms. The average molecular weight is 469 g/mol. The van der Waals surface area contributed by atoms with Gasteiger partial charge in [-0.3, -0.25) is 14.6 Å². The molecule has 3 aromatic rings. The normalized spacial score (nSPS) is 20.0. The minimum Gasteiger partial charge on any atom is -0.467 e. The zero-order valence-electron chi connectivity index (χ0n) is 18.9. The van der Waals surface area contributed by atoms with E-state index in [1.54, 1.807) is 22.6 Å². The van der Waals surface area contributed by atoms with Gasteiger partial charge in [0.2, 0.25) is 5.89 Å². The molecular formula is C23H28N6O3S. The van der Waals surface area contributed by atoms with Crippen molar-refractivity contribution in [3.8, 4) is 0 Å². The van der Waals surface area contributed by atoms with Gasteiger partial charge in [-0.25, -0.2) is 5.01 Å². The molecule has 0 aliphatic carbocycles. The van der Waals surface area contributed by atoms with Gasteiger partial charge >= 0.3 is 0 Å². The zero-order valence-corrected chi connectivity index (χ0v) is 19.7. The maximum atomic E-state index is 13.3. The third-order valence-corrected chi connectivity index (χ3v) is 6.94. The lowest BCUT2D eigenvalue weighted by Crippen LogP contribution is -2.49. The molecule has 1 atom stereocenters. The van der Waals surface area contributed by atoms with Crippen LogP contribution in [0.4, 0.5) is 0 Å². The molecule has 9 nitrogen and oxygen atoms in total. The van der Waals surface area contributed by atoms with Crippen molar-refractivity contribution in [3.05, 3.63) is 58.3 Å². The Balaban J connectivity index is 1.19. The number of thiophene rings is 1. The minimum absolute atomic E-state index is 0.00474. The molecule has 0 unspecified atom stereocenters. The van der Waals surface area contributed by atoms with Crippen LogP contribution in [0.15, 0.2) is 50.0 Å². The number of carbonyl (C=O) groups is 1. The van der Waals surface area contributed by atoms with Crippen LogP contribution in [0.2, 0.25) is 0 Å². The van der Waals surface area contributed by atoms with Crippen molar-refractivity contribution in [3.63, 3.8) is 0 Å². The maximum Gasteiger partial charge on any atom is 0.257 e. The zero-order chi connectivity index (χ0) is 22.8. The molecule has 3 aromatic heterocycles. The molecule has 5 heterocycles. The van der Waals surface area contributed by atoms with Gasteiger partial charge in [0.25, 0.3) is 5.91 Å². The first-order chi connectivity index (χ1) is 16.1. The molecule has 0 saturated carbocycles. The van der Waals surface area contributed by atoms with E-state index in [1.165, 1.54) is 0 Å². The molecule has 1 saturated heterocycles. The topological polar surface area (TPSA) is 91.2 Å². The van der Waals surface area contributed by atoms with E-state index in [2.05, 4.69) is 33.8 Å². The van der Waals surface area contributed by atoms with E-state index in [1.807, 2.05) is 29.6 Å². The highest BCUT2D eigenvalue weighted by molar-refractivity contribution is 7.12. The molecule has 0 radical (unpaired) electrons. The van der Waals surface area contributed by atoms with E-state index < -0.39 is 0 Å². The lowest BCUT2D eigenvalue weighted by molar-refractivity contribution is -0.135. The first kappa shape index (κ1) is 22.0. The molecule has 10 heteroatoms. The van der Waals surface area contributed by atoms with Gasteiger partial charge in [0.05, 0.1) is 29.9 Å². The van der Waals surface area contributed by atoms with Crippen LogP contribution in [0.1, 0.15) is 54.6 Å². The van der Waals surface area contributed by atoms with E-state index in [9.17, 15) is 4.79 Å². The summed E-state index contributed by atoms with van der Waals surface area (Å²) >= 11 is 1.64. The molecule has 2 aliphatic rings. The number of piperazine rings is 1. The summed E-state index contributed by atoms with van der Waals surface area (Å²) < 4.78 is 11.0. The first-order valence-corrected chi connectivity index (χ1v) is 12.2. The summed E-state index contributed by atoms with van der Waals surface area (Å²) in [5.74, 6) is 2.41. The summed E-state index contributed by atoms with van der Waals surface area (Å²) in [4.78, 5) is 23.3. The van der Waals surface area contributed by atoms with Crippen LogP contribution in [0.3, 0.4) is 0 Å². The maximum absolute atomic E-state index is 13.3. The van der Waals surface area contributed by atoms with E-state index in [0.29, 0.717) is 25.4 Å². The van der Waals surface area contributed by atoms with E-state index in [-0.39, 0.29) is 17.9 Å². The summed E-state index contributed by atoms with van der Waals surface area (Å²) in [7, 11) is 0. The molecule has 1 amide bonds. The van der Waals surface area contributed by atoms with Crippen molar-refractivity contribution in [1.29, 1.82) is 0 Å². The fourth-order valence-corrected chi connectivity index (χ4v) is 4.88. The van der Waals surface area contributed by atoms with Crippen molar-refractivity contribution in [2.75, 3.05) is 32.7 Å². The fraction of sp³-hybridized carbons (Fsp3) is 0.478. The third-order valence-electron chi connectivity index (χ3n) is 6.03. The van der Waals surface area contributed by atoms with Gasteiger partial charge in [-0.1, -0.05) is 25.1 Å². The largest absolute Gasteiger partial charge is 0.467 e. The molecule has 0 aromatic carbocycles. The molecule has 0 N–H and O–H groups in total. The number of carbonyl (C=O) groups excluding carboxylic acids is 1. The number of furan rings is 1. The highest BCUT2D eigenvalue weighted by Crippen LogP contribution is 2.34. The van der Waals surface area contributed by atoms with Gasteiger partial charge < -0.3 is 8.94 Å². The predicted molar refractivity (Wildman–Crippen MR) is 124 cm³/mol. The Bertz CT molecular complexity index is 1080. The van der Waals surface area contributed by atoms with Crippen molar-refractivity contribution in [2.24, 2.45) is 5.10 Å². The second-order valence-electron chi connectivity index (χ2n) is 8.75. The third kappa shape index (κ3) is 4.92. The van der Waals surface area contributed by atoms with Crippen molar-refractivity contribution in [1.82, 2.24) is 24.9 Å². The van der Waals surface area contributed by atoms with Gasteiger partial charge in [0, 0.05) is 38.5 Å². The Hall–Kier alpha value is -2.82. The molecule has 0 spiro atoms. The predicted octanol–water partition coefficient (Wildman–Crippen LogP) is 3.34. The lowest BCUT2D eigenvalue weighted by atomic mass is 10.1. The SMILES string of the molecule is CC(C)c1noc(CN2CCN(CC(=O)N3N=C(c4cccs4)C[C@H]3c3ccco3)CC2)n1. The van der Waals surface area contributed by atoms with Crippen molar-refractivity contribution in [2.45, 2.75) is 38.8 Å². The van der Waals surface area contributed by atoms with Crippen LogP contribution in [0.25, 0.3) is 0 Å². The highest BCUT2D eigenvalue weighted by Gasteiger charge is 2.36. The molecule has 1 fully saturated rings. The number of hydrogen-bond donors (Lipinski definition) is 0. The molecule has 33 heavy (non-hydrogen) atoms. The van der Waals surface area contributed by atoms with E-state index in [0.717, 1.165) is 48.4 Å². The number of nitrogens with zero attached hydrogens (tertiary/aromatic N) is 6. The fourth-order valence-electron chi connectivity index (χ4n) is 4.16. The van der Waals surface area contributed by atoms with Crippen molar-refractivity contribution < 1.29 is 13.7 Å². The second kappa shape index (κ2) is 9.58. The minimum atomic E-state index is -0.196. The average Bonchev–Trinajstić information content (AvgIpc) is 3.61. The standard InChI is InChI=1S/C23H28N6O3S/c1-16(2)23-24-21(32-26-23)14-27-7-9-28(10-8-27)15-22(30)29-18(19-5-3-11-31-19)13-17(25-29)20-6-4-12-33-20/h3-6,11-12,16,18H,7-10,13-15H2,1-2H3/t18-/m0/s1. The smallest absolute Gasteiger partial charge is 0.257 e. The monoisotopic (exact) mass is 468 g/mol. The molecule has 2 aliphatic heterocycles. The van der Waals surface area contributed by atoms with Crippen LogP contribution in [0.5, 0.6) is 0 Å². The number of hydrogen-bond acceptors (Lipinski definition) is 9. The molecule has 5 rings (SSSR count). The highest BCUT2D eigenvalue weighted by atomic mass is 32.1. The van der Waals surface area contributed by atoms with Gasteiger partial charge in [-0.2, -0.15) is 10.1 Å². The second-order valence-corrected chi connectivity index (χ2v) is 9.70. The van der Waals surface area contributed by atoms with E-state index in [4.69, 9.17) is 14.0 Å². The number of rotatable bonds is 7. The Morgan fingerprint density at radius 2 is 2.00 bits per heavy atom. The van der Waals surface area contributed by atoms with Crippen LogP contribution in [-0.4, -0.2) is 69.3 Å². The van der Waals surface area contributed by atoms with Crippen LogP contribution in [0, 0.1) is 0 Å². The van der Waals surface area contributed by atoms with Gasteiger partial charge in [0.1, 0.15) is 11.8 Å². The first-order valence-electron chi connectivity index (χ1n) is 11.3. The summed E-state index contributed by atoms with van der Waals surface area (Å²) in [5, 5.41) is 12.4. The summed E-state index contributed by atoms with van der Waals surface area (Å²) in [6, 6.07) is 7.63. The van der Waals surface area contributed by atoms with Crippen molar-refractivity contribution >= 4 is 23.0 Å². The van der Waals surface area contributed by atoms with Gasteiger partial charge in [0.15, 0.2) is 5.82 Å². The van der Waals surface area contributed by atoms with Crippen LogP contribution >= 0.6 is 11.3 Å². The number of amides is 1. The quantitative estimate of drug-likeness (QED) is 0.525. The Kier molecular flexibility index (Phi) is 6.39. The van der Waals surface area contributed by atoms with E-state index >= 15 is 0 Å². The van der Waals surface area contributed by atoms with Crippen LogP contribution in [-0.2, 0) is 11.3 Å². The number of aromatic nitrogens is 2. The summed E-state index contributed by atoms with van der Waals surface area (Å²) in [6.07, 6.45) is 2.31. The summed E-state index contributed by atoms with van der Waals surface area (Å²) in [5.41, 5.74) is 0.935. The molecule has 174 valence electrons. The van der Waals surface area contributed by atoms with Gasteiger partial charge in [-0.15, -0.1) is 11.3 Å². The number of hydrazone groups is 1. The Morgan fingerprint density at radius 3 is 2.67 bits per heavy atom. The van der Waals surface area contributed by atoms with Crippen LogP contribution < -0.4 is 0 Å². The Morgan fingerprint density at radius 1 is 1.18 bits per heavy atom. The summed E-state index contributed by atoms with van der Waals surface area (Å²) in [6.45, 7) is 8.38. The Labute approximate surface area is 196 Å². The van der Waals surface area contributed by atoms with Gasteiger partial charge in [-0.05, 0) is 23.6 Å². The molecular weight excluding hydrogens is 440 g/mol. The lowest BCUT2D eigenvalue weighted by Gasteiger charge is -2.34.